The maximum absolute atomic E-state index is 6.13. The molecule has 1 saturated carbocycles. The van der Waals surface area contributed by atoms with Gasteiger partial charge in [0.15, 0.2) is 5.75 Å². The minimum atomic E-state index is -0.0461. The third kappa shape index (κ3) is 3.52. The molecule has 0 spiro atoms. The van der Waals surface area contributed by atoms with Gasteiger partial charge in [-0.1, -0.05) is 41.7 Å². The van der Waals surface area contributed by atoms with Gasteiger partial charge < -0.3 is 14.8 Å². The normalized spacial score (nSPS) is 25.4. The number of rotatable bonds is 6. The highest BCUT2D eigenvalue weighted by atomic mass is 35.5. The number of benzene rings is 1. The summed E-state index contributed by atoms with van der Waals surface area (Å²) in [6, 6.07) is 3.57. The van der Waals surface area contributed by atoms with Crippen molar-refractivity contribution in [1.82, 2.24) is 5.32 Å². The monoisotopic (exact) mass is 337 g/mol. The zero-order valence-corrected chi connectivity index (χ0v) is 13.7. The Bertz CT molecular complexity index is 447. The Morgan fingerprint density at radius 3 is 2.40 bits per heavy atom. The Morgan fingerprint density at radius 2 is 1.85 bits per heavy atom. The third-order valence-electron chi connectivity index (χ3n) is 3.31. The summed E-state index contributed by atoms with van der Waals surface area (Å²) in [6.07, 6.45) is 0.839. The number of nitrogens with one attached hydrogen (secondary N) is 1. The summed E-state index contributed by atoms with van der Waals surface area (Å²) >= 11 is 18.2. The number of ether oxygens (including phenoxy) is 2. The van der Waals surface area contributed by atoms with Crippen LogP contribution < -0.4 is 10.1 Å². The molecular weight excluding hydrogens is 321 g/mol. The highest BCUT2D eigenvalue weighted by molar-refractivity contribution is 6.40. The molecule has 0 heterocycles. The molecule has 3 nitrogen and oxygen atoms in total. The van der Waals surface area contributed by atoms with Crippen LogP contribution >= 0.6 is 34.8 Å². The van der Waals surface area contributed by atoms with Crippen LogP contribution in [0.4, 0.5) is 0 Å². The molecule has 0 aromatic heterocycles. The lowest BCUT2D eigenvalue weighted by Gasteiger charge is -2.44. The molecule has 1 N–H and O–H groups in total. The molecular formula is C14H18Cl3NO2. The van der Waals surface area contributed by atoms with E-state index >= 15 is 0 Å². The van der Waals surface area contributed by atoms with E-state index in [1.165, 1.54) is 0 Å². The Balaban J connectivity index is 2.07. The molecule has 1 aliphatic rings. The molecule has 0 aliphatic heterocycles. The molecule has 0 saturated heterocycles. The summed E-state index contributed by atoms with van der Waals surface area (Å²) in [5.41, 5.74) is 0. The zero-order chi connectivity index (χ0) is 14.7. The van der Waals surface area contributed by atoms with Crippen LogP contribution in [0.2, 0.25) is 15.1 Å². The topological polar surface area (TPSA) is 30.5 Å². The lowest BCUT2D eigenvalue weighted by Crippen LogP contribution is -2.61. The van der Waals surface area contributed by atoms with Gasteiger partial charge in [-0.25, -0.2) is 0 Å². The Labute approximate surface area is 134 Å². The van der Waals surface area contributed by atoms with E-state index in [1.54, 1.807) is 12.1 Å². The van der Waals surface area contributed by atoms with Crippen molar-refractivity contribution in [3.8, 4) is 5.75 Å². The van der Waals surface area contributed by atoms with E-state index < -0.39 is 0 Å². The largest absolute Gasteiger partial charge is 0.484 e. The second-order valence-electron chi connectivity index (χ2n) is 4.67. The van der Waals surface area contributed by atoms with Gasteiger partial charge in [0.05, 0.1) is 10.0 Å². The first-order valence-corrected chi connectivity index (χ1v) is 7.86. The molecule has 0 bridgehead atoms. The van der Waals surface area contributed by atoms with Crippen LogP contribution in [0.1, 0.15) is 20.3 Å². The van der Waals surface area contributed by atoms with Gasteiger partial charge in [0.1, 0.15) is 12.2 Å². The molecule has 1 aromatic rings. The first kappa shape index (κ1) is 16.2. The summed E-state index contributed by atoms with van der Waals surface area (Å²) in [4.78, 5) is 0. The minimum Gasteiger partial charge on any atom is -0.484 e. The van der Waals surface area contributed by atoms with Gasteiger partial charge in [-0.2, -0.15) is 0 Å². The molecule has 1 aromatic carbocycles. The minimum absolute atomic E-state index is 0.0164. The van der Waals surface area contributed by atoms with Gasteiger partial charge in [-0.3, -0.25) is 0 Å². The van der Waals surface area contributed by atoms with Crippen LogP contribution in [0, 0.1) is 0 Å². The smallest absolute Gasteiger partial charge is 0.157 e. The average molecular weight is 339 g/mol. The van der Waals surface area contributed by atoms with E-state index in [1.807, 2.05) is 6.92 Å². The van der Waals surface area contributed by atoms with Crippen molar-refractivity contribution < 1.29 is 9.47 Å². The van der Waals surface area contributed by atoms with E-state index in [9.17, 15) is 0 Å². The SMILES string of the molecule is CCNC1CC(Oc2c(Cl)cc(Cl)cc2Cl)C1OCC. The summed E-state index contributed by atoms with van der Waals surface area (Å²) in [7, 11) is 0. The summed E-state index contributed by atoms with van der Waals surface area (Å²) < 4.78 is 11.7. The molecule has 1 fully saturated rings. The number of likely N-dealkylation sites (N-methyl/N-ethyl adjacent to an activating group) is 1. The second-order valence-corrected chi connectivity index (χ2v) is 5.93. The highest BCUT2D eigenvalue weighted by Crippen LogP contribution is 2.39. The predicted molar refractivity (Wildman–Crippen MR) is 83.4 cm³/mol. The van der Waals surface area contributed by atoms with Crippen LogP contribution in [0.3, 0.4) is 0 Å². The maximum Gasteiger partial charge on any atom is 0.157 e. The maximum atomic E-state index is 6.13. The molecule has 112 valence electrons. The molecule has 0 amide bonds. The van der Waals surface area contributed by atoms with E-state index in [-0.39, 0.29) is 12.2 Å². The molecule has 0 radical (unpaired) electrons. The van der Waals surface area contributed by atoms with Crippen LogP contribution in [0.25, 0.3) is 0 Å². The Kier molecular flexibility index (Phi) is 5.82. The molecule has 3 atom stereocenters. The van der Waals surface area contributed by atoms with Crippen molar-refractivity contribution >= 4 is 34.8 Å². The van der Waals surface area contributed by atoms with Crippen LogP contribution in [-0.2, 0) is 4.74 Å². The Morgan fingerprint density at radius 1 is 1.20 bits per heavy atom. The summed E-state index contributed by atoms with van der Waals surface area (Å²) in [5.74, 6) is 0.474. The highest BCUT2D eigenvalue weighted by Gasteiger charge is 2.43. The fourth-order valence-corrected chi connectivity index (χ4v) is 3.27. The zero-order valence-electron chi connectivity index (χ0n) is 11.5. The van der Waals surface area contributed by atoms with Gasteiger partial charge in [0, 0.05) is 24.1 Å². The van der Waals surface area contributed by atoms with Crippen LogP contribution in [0.15, 0.2) is 12.1 Å². The predicted octanol–water partition coefficient (Wildman–Crippen LogP) is 4.18. The Hall–Kier alpha value is -0.190. The van der Waals surface area contributed by atoms with E-state index in [2.05, 4.69) is 12.2 Å². The van der Waals surface area contributed by atoms with Crippen molar-refractivity contribution in [2.75, 3.05) is 13.2 Å². The quantitative estimate of drug-likeness (QED) is 0.844. The number of halogens is 3. The number of hydrogen-bond acceptors (Lipinski definition) is 3. The second kappa shape index (κ2) is 7.19. The van der Waals surface area contributed by atoms with Gasteiger partial charge in [-0.05, 0) is 25.6 Å². The fraction of sp³-hybridized carbons (Fsp3) is 0.571. The van der Waals surface area contributed by atoms with Gasteiger partial charge in [0.2, 0.25) is 0 Å². The van der Waals surface area contributed by atoms with Crippen molar-refractivity contribution in [3.05, 3.63) is 27.2 Å². The standard InChI is InChI=1S/C14H18Cl3NO2/c1-3-18-11-7-12(14(11)19-4-2)20-13-9(16)5-8(15)6-10(13)17/h5-6,11-12,14,18H,3-4,7H2,1-2H3. The summed E-state index contributed by atoms with van der Waals surface area (Å²) in [5, 5.41) is 4.71. The van der Waals surface area contributed by atoms with E-state index in [0.29, 0.717) is 33.5 Å². The average Bonchev–Trinajstić information content (AvgIpc) is 2.37. The van der Waals surface area contributed by atoms with Crippen LogP contribution in [0.5, 0.6) is 5.75 Å². The van der Waals surface area contributed by atoms with Gasteiger partial charge in [0.25, 0.3) is 0 Å². The van der Waals surface area contributed by atoms with Crippen molar-refractivity contribution in [2.45, 2.75) is 38.5 Å². The molecule has 20 heavy (non-hydrogen) atoms. The van der Waals surface area contributed by atoms with Gasteiger partial charge >= 0.3 is 0 Å². The van der Waals surface area contributed by atoms with Gasteiger partial charge in [-0.15, -0.1) is 0 Å². The fourth-order valence-electron chi connectivity index (χ4n) is 2.37. The lowest BCUT2D eigenvalue weighted by molar-refractivity contribution is -0.104. The van der Waals surface area contributed by atoms with Crippen molar-refractivity contribution in [3.63, 3.8) is 0 Å². The molecule has 6 heteroatoms. The van der Waals surface area contributed by atoms with E-state index in [4.69, 9.17) is 44.3 Å². The summed E-state index contributed by atoms with van der Waals surface area (Å²) in [6.45, 7) is 5.60. The first-order valence-electron chi connectivity index (χ1n) is 6.73. The van der Waals surface area contributed by atoms with E-state index in [0.717, 1.165) is 13.0 Å². The van der Waals surface area contributed by atoms with Crippen molar-refractivity contribution in [2.24, 2.45) is 0 Å². The first-order chi connectivity index (χ1) is 9.56. The lowest BCUT2D eigenvalue weighted by atomic mass is 9.85. The van der Waals surface area contributed by atoms with Crippen molar-refractivity contribution in [1.29, 1.82) is 0 Å². The van der Waals surface area contributed by atoms with Crippen LogP contribution in [-0.4, -0.2) is 31.4 Å². The number of hydrogen-bond donors (Lipinski definition) is 1. The third-order valence-corrected chi connectivity index (χ3v) is 4.09. The molecule has 1 aliphatic carbocycles. The molecule has 3 unspecified atom stereocenters. The molecule has 2 rings (SSSR count).